The number of hydrogen-bond donors (Lipinski definition) is 0. The van der Waals surface area contributed by atoms with E-state index in [1.54, 1.807) is 5.57 Å². The van der Waals surface area contributed by atoms with Gasteiger partial charge in [-0.1, -0.05) is 86.1 Å². The molecule has 0 spiro atoms. The topological polar surface area (TPSA) is 0 Å². The molecule has 0 aliphatic heterocycles. The van der Waals surface area contributed by atoms with Gasteiger partial charge >= 0.3 is 0 Å². The van der Waals surface area contributed by atoms with Crippen molar-refractivity contribution in [2.24, 2.45) is 56.2 Å². The molecule has 0 bridgehead atoms. The van der Waals surface area contributed by atoms with Crippen LogP contribution < -0.4 is 0 Å². The number of fused-ring (bicyclic) bond motifs is 7. The second-order valence-electron chi connectivity index (χ2n) is 15.7. The molecule has 4 saturated carbocycles. The van der Waals surface area contributed by atoms with Gasteiger partial charge in [-0.2, -0.15) is 0 Å². The predicted octanol–water partition coefficient (Wildman–Crippen LogP) is 9.61. The van der Waals surface area contributed by atoms with E-state index >= 15 is 0 Å². The Balaban J connectivity index is 1.59. The molecule has 5 aliphatic rings. The van der Waals surface area contributed by atoms with Crippen LogP contribution in [0.15, 0.2) is 23.8 Å². The molecule has 5 rings (SSSR count). The summed E-state index contributed by atoms with van der Waals surface area (Å²) in [5, 5.41) is 0. The lowest BCUT2D eigenvalue weighted by Gasteiger charge is -2.71. The Morgan fingerprint density at radius 2 is 1.53 bits per heavy atom. The molecule has 5 aliphatic carbocycles. The van der Waals surface area contributed by atoms with Gasteiger partial charge in [-0.15, -0.1) is 0 Å². The molecule has 0 aromatic carbocycles. The summed E-state index contributed by atoms with van der Waals surface area (Å²) in [6, 6.07) is 0. The summed E-state index contributed by atoms with van der Waals surface area (Å²) in [6.45, 7) is 28.2. The Morgan fingerprint density at radius 3 is 2.22 bits per heavy atom. The summed E-state index contributed by atoms with van der Waals surface area (Å²) in [5.41, 5.74) is 5.94. The smallest absolute Gasteiger partial charge is 0.00527 e. The van der Waals surface area contributed by atoms with Crippen LogP contribution in [0.5, 0.6) is 0 Å². The summed E-state index contributed by atoms with van der Waals surface area (Å²) in [6.07, 6.45) is 15.2. The molecule has 180 valence electrons. The van der Waals surface area contributed by atoms with Crippen molar-refractivity contribution in [2.45, 2.75) is 120 Å². The van der Waals surface area contributed by atoms with Gasteiger partial charge < -0.3 is 0 Å². The second kappa shape index (κ2) is 6.57. The molecule has 0 heteroatoms. The minimum Gasteiger partial charge on any atom is -0.0993 e. The van der Waals surface area contributed by atoms with Crippen molar-refractivity contribution in [2.75, 3.05) is 0 Å². The van der Waals surface area contributed by atoms with E-state index in [0.29, 0.717) is 38.4 Å². The third-order valence-electron chi connectivity index (χ3n) is 13.6. The summed E-state index contributed by atoms with van der Waals surface area (Å²) >= 11 is 0. The molecule has 0 radical (unpaired) electrons. The molecule has 0 aromatic heterocycles. The van der Waals surface area contributed by atoms with Crippen LogP contribution >= 0.6 is 0 Å². The van der Waals surface area contributed by atoms with Gasteiger partial charge in [-0.25, -0.2) is 0 Å². The quantitative estimate of drug-likeness (QED) is 0.331. The van der Waals surface area contributed by atoms with Gasteiger partial charge in [-0.05, 0) is 114 Å². The molecule has 8 atom stereocenters. The van der Waals surface area contributed by atoms with E-state index in [1.807, 2.05) is 5.57 Å². The zero-order valence-electron chi connectivity index (χ0n) is 23.0. The van der Waals surface area contributed by atoms with E-state index in [1.165, 1.54) is 57.8 Å². The van der Waals surface area contributed by atoms with Gasteiger partial charge in [0.1, 0.15) is 0 Å². The third kappa shape index (κ3) is 2.68. The van der Waals surface area contributed by atoms with E-state index in [0.717, 1.165) is 17.8 Å². The molecule has 0 saturated heterocycles. The summed E-state index contributed by atoms with van der Waals surface area (Å²) in [7, 11) is 0. The summed E-state index contributed by atoms with van der Waals surface area (Å²) < 4.78 is 0. The zero-order valence-corrected chi connectivity index (χ0v) is 23.0. The largest absolute Gasteiger partial charge is 0.0993 e. The SMILES string of the molecule is C=C1CC(C)(C)CC2C3=CCC4C5(C)CCC(C)C(C)(C)C5CCC4(C)C3(C)CCC12C. The monoisotopic (exact) mass is 436 g/mol. The van der Waals surface area contributed by atoms with Crippen molar-refractivity contribution in [1.29, 1.82) is 0 Å². The fraction of sp³-hybridized carbons (Fsp3) is 0.875. The highest BCUT2D eigenvalue weighted by atomic mass is 14.7. The van der Waals surface area contributed by atoms with Crippen LogP contribution in [0, 0.1) is 56.2 Å². The molecule has 0 nitrogen and oxygen atoms in total. The van der Waals surface area contributed by atoms with Crippen LogP contribution in [0.4, 0.5) is 0 Å². The molecule has 4 fully saturated rings. The first kappa shape index (κ1) is 23.2. The number of allylic oxidation sites excluding steroid dienone is 3. The van der Waals surface area contributed by atoms with Crippen LogP contribution in [0.1, 0.15) is 120 Å². The van der Waals surface area contributed by atoms with Crippen LogP contribution in [-0.4, -0.2) is 0 Å². The van der Waals surface area contributed by atoms with Crippen molar-refractivity contribution in [3.63, 3.8) is 0 Å². The Kier molecular flexibility index (Phi) is 4.77. The Morgan fingerprint density at radius 1 is 0.844 bits per heavy atom. The lowest BCUT2D eigenvalue weighted by Crippen LogP contribution is -2.63. The average molecular weight is 437 g/mol. The highest BCUT2D eigenvalue weighted by Gasteiger charge is 2.67. The van der Waals surface area contributed by atoms with E-state index < -0.39 is 0 Å². The standard InChI is InChI=1S/C32H52/c1-21-13-15-30(8)25(28(21,5)6)14-16-32(10)26(30)12-11-23-24-20-27(3,4)19-22(2)29(24,7)17-18-31(23,32)9/h11,21,24-26H,2,12-20H2,1,3-10H3. The van der Waals surface area contributed by atoms with Crippen LogP contribution in [0.3, 0.4) is 0 Å². The maximum atomic E-state index is 4.69. The summed E-state index contributed by atoms with van der Waals surface area (Å²) in [5.74, 6) is 3.31. The highest BCUT2D eigenvalue weighted by Crippen LogP contribution is 2.76. The Labute approximate surface area is 200 Å². The molecule has 0 amide bonds. The molecular formula is C32H52. The number of rotatable bonds is 0. The van der Waals surface area contributed by atoms with Gasteiger partial charge in [0.25, 0.3) is 0 Å². The van der Waals surface area contributed by atoms with Crippen molar-refractivity contribution in [1.82, 2.24) is 0 Å². The first-order valence-electron chi connectivity index (χ1n) is 14.0. The van der Waals surface area contributed by atoms with Gasteiger partial charge in [-0.3, -0.25) is 0 Å². The van der Waals surface area contributed by atoms with Gasteiger partial charge in [0.15, 0.2) is 0 Å². The minimum absolute atomic E-state index is 0.327. The van der Waals surface area contributed by atoms with Crippen LogP contribution in [0.25, 0.3) is 0 Å². The fourth-order valence-corrected chi connectivity index (χ4v) is 10.9. The minimum atomic E-state index is 0.327. The highest BCUT2D eigenvalue weighted by molar-refractivity contribution is 5.37. The normalized spacial score (nSPS) is 53.9. The van der Waals surface area contributed by atoms with E-state index in [2.05, 4.69) is 75.0 Å². The summed E-state index contributed by atoms with van der Waals surface area (Å²) in [4.78, 5) is 0. The Hall–Kier alpha value is -0.520. The van der Waals surface area contributed by atoms with Crippen LogP contribution in [0.2, 0.25) is 0 Å². The number of hydrogen-bond acceptors (Lipinski definition) is 0. The van der Waals surface area contributed by atoms with Crippen molar-refractivity contribution in [3.8, 4) is 0 Å². The maximum absolute atomic E-state index is 4.69. The predicted molar refractivity (Wildman–Crippen MR) is 138 cm³/mol. The molecular weight excluding hydrogens is 384 g/mol. The molecule has 0 aromatic rings. The van der Waals surface area contributed by atoms with E-state index in [9.17, 15) is 0 Å². The lowest BCUT2D eigenvalue weighted by atomic mass is 9.33. The molecule has 0 heterocycles. The van der Waals surface area contributed by atoms with Crippen molar-refractivity contribution < 1.29 is 0 Å². The lowest BCUT2D eigenvalue weighted by molar-refractivity contribution is -0.188. The Bertz CT molecular complexity index is 855. The second-order valence-corrected chi connectivity index (χ2v) is 15.7. The maximum Gasteiger partial charge on any atom is -0.00527 e. The van der Waals surface area contributed by atoms with Crippen LogP contribution in [-0.2, 0) is 0 Å². The molecule has 0 N–H and O–H groups in total. The van der Waals surface area contributed by atoms with Gasteiger partial charge in [0.2, 0.25) is 0 Å². The van der Waals surface area contributed by atoms with Gasteiger partial charge in [0.05, 0.1) is 0 Å². The van der Waals surface area contributed by atoms with Crippen molar-refractivity contribution >= 4 is 0 Å². The molecule has 32 heavy (non-hydrogen) atoms. The first-order chi connectivity index (χ1) is 14.6. The van der Waals surface area contributed by atoms with E-state index in [-0.39, 0.29) is 0 Å². The van der Waals surface area contributed by atoms with E-state index in [4.69, 9.17) is 0 Å². The fourth-order valence-electron chi connectivity index (χ4n) is 10.9. The average Bonchev–Trinajstić information content (AvgIpc) is 2.67. The van der Waals surface area contributed by atoms with Gasteiger partial charge in [0, 0.05) is 0 Å². The first-order valence-corrected chi connectivity index (χ1v) is 14.0. The zero-order chi connectivity index (χ0) is 23.5. The van der Waals surface area contributed by atoms with Crippen molar-refractivity contribution in [3.05, 3.63) is 23.8 Å². The third-order valence-corrected chi connectivity index (χ3v) is 13.6. The molecule has 8 unspecified atom stereocenters.